The molecule has 0 amide bonds. The predicted octanol–water partition coefficient (Wildman–Crippen LogP) is 1.75. The molecule has 0 bridgehead atoms. The van der Waals surface area contributed by atoms with Crippen LogP contribution in [0.25, 0.3) is 0 Å². The van der Waals surface area contributed by atoms with E-state index in [1.54, 1.807) is 0 Å². The lowest BCUT2D eigenvalue weighted by Gasteiger charge is -2.07. The second-order valence-electron chi connectivity index (χ2n) is 2.97. The van der Waals surface area contributed by atoms with E-state index in [4.69, 9.17) is 12.2 Å². The number of rotatable bonds is 1. The monoisotopic (exact) mass is 196 g/mol. The molecule has 0 spiro atoms. The standard InChI is InChI=1S/C10H16N2S/c1-3-5-8-6-12-10(13)7-11-9(8)4-2/h4-5,11H,3,6-7H2,1-2H3,(H,12,13)/b8-5-,9-4+. The van der Waals surface area contributed by atoms with Gasteiger partial charge in [-0.25, -0.2) is 0 Å². The maximum absolute atomic E-state index is 5.10. The molecule has 2 nitrogen and oxygen atoms in total. The molecule has 1 saturated heterocycles. The SMILES string of the molecule is C/C=C1/NCC(=S)NC/C1=C/CC. The largest absolute Gasteiger partial charge is 0.379 e. The van der Waals surface area contributed by atoms with Crippen LogP contribution in [-0.4, -0.2) is 18.1 Å². The second kappa shape index (κ2) is 5.02. The molecule has 1 aliphatic rings. The molecular formula is C10H16N2S. The highest BCUT2D eigenvalue weighted by Gasteiger charge is 2.09. The van der Waals surface area contributed by atoms with E-state index < -0.39 is 0 Å². The molecule has 2 N–H and O–H groups in total. The summed E-state index contributed by atoms with van der Waals surface area (Å²) in [5.41, 5.74) is 2.51. The minimum absolute atomic E-state index is 0.746. The molecule has 0 atom stereocenters. The summed E-state index contributed by atoms with van der Waals surface area (Å²) < 4.78 is 0. The number of nitrogens with one attached hydrogen (secondary N) is 2. The lowest BCUT2D eigenvalue weighted by atomic mass is 10.1. The summed E-state index contributed by atoms with van der Waals surface area (Å²) >= 11 is 5.10. The third-order valence-corrected chi connectivity index (χ3v) is 2.29. The van der Waals surface area contributed by atoms with Gasteiger partial charge in [-0.1, -0.05) is 31.3 Å². The van der Waals surface area contributed by atoms with Gasteiger partial charge in [0, 0.05) is 12.2 Å². The number of allylic oxidation sites excluding steroid dienone is 2. The Morgan fingerprint density at radius 3 is 2.77 bits per heavy atom. The third-order valence-electron chi connectivity index (χ3n) is 2.00. The normalized spacial score (nSPS) is 24.0. The fraction of sp³-hybridized carbons (Fsp3) is 0.500. The van der Waals surface area contributed by atoms with Gasteiger partial charge in [-0.15, -0.1) is 0 Å². The predicted molar refractivity (Wildman–Crippen MR) is 60.7 cm³/mol. The van der Waals surface area contributed by atoms with E-state index in [2.05, 4.69) is 29.7 Å². The van der Waals surface area contributed by atoms with Crippen LogP contribution < -0.4 is 10.6 Å². The Balaban J connectivity index is 2.79. The molecule has 0 aromatic heterocycles. The third kappa shape index (κ3) is 2.84. The Morgan fingerprint density at radius 1 is 1.38 bits per heavy atom. The molecule has 0 aliphatic carbocycles. The van der Waals surface area contributed by atoms with Crippen molar-refractivity contribution >= 4 is 17.2 Å². The van der Waals surface area contributed by atoms with Crippen molar-refractivity contribution in [1.82, 2.24) is 10.6 Å². The van der Waals surface area contributed by atoms with Crippen molar-refractivity contribution in [2.24, 2.45) is 0 Å². The molecule has 1 fully saturated rings. The first-order chi connectivity index (χ1) is 6.27. The lowest BCUT2D eigenvalue weighted by molar-refractivity contribution is 0.943. The minimum atomic E-state index is 0.746. The van der Waals surface area contributed by atoms with Crippen LogP contribution in [0.15, 0.2) is 23.4 Å². The van der Waals surface area contributed by atoms with Crippen LogP contribution in [0.5, 0.6) is 0 Å². The van der Waals surface area contributed by atoms with Crippen LogP contribution in [-0.2, 0) is 0 Å². The fourth-order valence-electron chi connectivity index (χ4n) is 1.36. The summed E-state index contributed by atoms with van der Waals surface area (Å²) in [6.45, 7) is 5.78. The number of thiocarbonyl (C=S) groups is 1. The highest BCUT2D eigenvalue weighted by atomic mass is 32.1. The molecule has 0 saturated carbocycles. The highest BCUT2D eigenvalue weighted by Crippen LogP contribution is 2.09. The first-order valence-corrected chi connectivity index (χ1v) is 5.05. The van der Waals surface area contributed by atoms with Crippen molar-refractivity contribution in [3.05, 3.63) is 23.4 Å². The van der Waals surface area contributed by atoms with E-state index in [-0.39, 0.29) is 0 Å². The van der Waals surface area contributed by atoms with Gasteiger partial charge in [0.1, 0.15) is 0 Å². The Morgan fingerprint density at radius 2 is 2.15 bits per heavy atom. The summed E-state index contributed by atoms with van der Waals surface area (Å²) in [6.07, 6.45) is 5.38. The summed E-state index contributed by atoms with van der Waals surface area (Å²) in [4.78, 5) is 0.888. The molecule has 1 heterocycles. The zero-order valence-corrected chi connectivity index (χ0v) is 9.00. The van der Waals surface area contributed by atoms with Crippen molar-refractivity contribution in [3.8, 4) is 0 Å². The Bertz CT molecular complexity index is 254. The van der Waals surface area contributed by atoms with Crippen LogP contribution in [0.4, 0.5) is 0 Å². The van der Waals surface area contributed by atoms with Crippen LogP contribution >= 0.6 is 12.2 Å². The molecule has 3 heteroatoms. The van der Waals surface area contributed by atoms with E-state index in [1.807, 2.05) is 6.92 Å². The van der Waals surface area contributed by atoms with Crippen LogP contribution in [0.2, 0.25) is 0 Å². The van der Waals surface area contributed by atoms with Gasteiger partial charge < -0.3 is 10.6 Å². The highest BCUT2D eigenvalue weighted by molar-refractivity contribution is 7.80. The molecule has 0 unspecified atom stereocenters. The maximum atomic E-state index is 5.10. The lowest BCUT2D eigenvalue weighted by Crippen LogP contribution is -2.26. The molecule has 0 aromatic carbocycles. The van der Waals surface area contributed by atoms with Gasteiger partial charge >= 0.3 is 0 Å². The molecule has 1 rings (SSSR count). The molecular weight excluding hydrogens is 180 g/mol. The smallest absolute Gasteiger partial charge is 0.0950 e. The zero-order valence-electron chi connectivity index (χ0n) is 8.18. The van der Waals surface area contributed by atoms with Gasteiger partial charge in [0.25, 0.3) is 0 Å². The second-order valence-corrected chi connectivity index (χ2v) is 3.46. The van der Waals surface area contributed by atoms with Crippen molar-refractivity contribution < 1.29 is 0 Å². The van der Waals surface area contributed by atoms with Gasteiger partial charge in [-0.3, -0.25) is 0 Å². The van der Waals surface area contributed by atoms with Gasteiger partial charge in [-0.05, 0) is 18.9 Å². The molecule has 0 radical (unpaired) electrons. The summed E-state index contributed by atoms with van der Waals surface area (Å²) in [5, 5.41) is 6.51. The van der Waals surface area contributed by atoms with Gasteiger partial charge in [0.05, 0.1) is 11.5 Å². The molecule has 0 aromatic rings. The van der Waals surface area contributed by atoms with E-state index in [0.717, 1.165) is 24.5 Å². The summed E-state index contributed by atoms with van der Waals surface area (Å²) in [5.74, 6) is 0. The average Bonchev–Trinajstić information content (AvgIpc) is 2.30. The van der Waals surface area contributed by atoms with Crippen molar-refractivity contribution in [2.45, 2.75) is 20.3 Å². The van der Waals surface area contributed by atoms with Gasteiger partial charge in [-0.2, -0.15) is 0 Å². The van der Waals surface area contributed by atoms with Crippen molar-refractivity contribution in [3.63, 3.8) is 0 Å². The number of hydrogen-bond acceptors (Lipinski definition) is 2. The zero-order chi connectivity index (χ0) is 9.68. The average molecular weight is 196 g/mol. The topological polar surface area (TPSA) is 24.1 Å². The molecule has 1 aliphatic heterocycles. The molecule has 72 valence electrons. The van der Waals surface area contributed by atoms with Gasteiger partial charge in [0.15, 0.2) is 0 Å². The Labute approximate surface area is 85.1 Å². The van der Waals surface area contributed by atoms with E-state index in [1.165, 1.54) is 11.3 Å². The first-order valence-electron chi connectivity index (χ1n) is 4.64. The Kier molecular flexibility index (Phi) is 3.96. The van der Waals surface area contributed by atoms with E-state index in [9.17, 15) is 0 Å². The van der Waals surface area contributed by atoms with Crippen LogP contribution in [0.1, 0.15) is 20.3 Å². The van der Waals surface area contributed by atoms with Crippen LogP contribution in [0.3, 0.4) is 0 Å². The van der Waals surface area contributed by atoms with Crippen molar-refractivity contribution in [2.75, 3.05) is 13.1 Å². The minimum Gasteiger partial charge on any atom is -0.379 e. The number of hydrogen-bond donors (Lipinski definition) is 2. The summed E-state index contributed by atoms with van der Waals surface area (Å²) in [6, 6.07) is 0. The fourth-order valence-corrected chi connectivity index (χ4v) is 1.50. The Hall–Kier alpha value is -0.830. The van der Waals surface area contributed by atoms with E-state index >= 15 is 0 Å². The molecule has 13 heavy (non-hydrogen) atoms. The van der Waals surface area contributed by atoms with E-state index in [0.29, 0.717) is 0 Å². The van der Waals surface area contributed by atoms with Crippen LogP contribution in [0, 0.1) is 0 Å². The quantitative estimate of drug-likeness (QED) is 0.625. The first kappa shape index (κ1) is 10.3. The van der Waals surface area contributed by atoms with Crippen molar-refractivity contribution in [1.29, 1.82) is 0 Å². The van der Waals surface area contributed by atoms with Gasteiger partial charge in [0.2, 0.25) is 0 Å². The maximum Gasteiger partial charge on any atom is 0.0950 e. The summed E-state index contributed by atoms with van der Waals surface area (Å²) in [7, 11) is 0.